The number of aromatic carboxylic acids is 1. The van der Waals surface area contributed by atoms with Crippen molar-refractivity contribution in [3.63, 3.8) is 0 Å². The smallest absolute Gasteiger partial charge is 0.340 e. The minimum absolute atomic E-state index is 0.265. The van der Waals surface area contributed by atoms with E-state index in [1.54, 1.807) is 0 Å². The lowest BCUT2D eigenvalue weighted by Gasteiger charge is -2.35. The molecular formula is C11H15N3O5S. The Bertz CT molecular complexity index is 626. The van der Waals surface area contributed by atoms with Crippen molar-refractivity contribution >= 4 is 16.0 Å². The number of H-pyrrole nitrogens is 1. The van der Waals surface area contributed by atoms with Crippen molar-refractivity contribution in [2.45, 2.75) is 48.9 Å². The molecule has 2 saturated heterocycles. The summed E-state index contributed by atoms with van der Waals surface area (Å²) in [6.45, 7) is 0. The molecule has 8 nitrogen and oxygen atoms in total. The van der Waals surface area contributed by atoms with E-state index < -0.39 is 22.1 Å². The first kappa shape index (κ1) is 13.5. The summed E-state index contributed by atoms with van der Waals surface area (Å²) >= 11 is 0. The Morgan fingerprint density at radius 3 is 2.50 bits per heavy atom. The highest BCUT2D eigenvalue weighted by Gasteiger charge is 2.48. The summed E-state index contributed by atoms with van der Waals surface area (Å²) in [6, 6.07) is -0.530. The number of hydrogen-bond acceptors (Lipinski definition) is 5. The van der Waals surface area contributed by atoms with Crippen molar-refractivity contribution in [3.05, 3.63) is 11.8 Å². The number of carboxylic acid groups (broad SMARTS) is 1. The molecule has 2 aliphatic heterocycles. The van der Waals surface area contributed by atoms with Gasteiger partial charge in [-0.3, -0.25) is 5.10 Å². The molecule has 3 heterocycles. The average molecular weight is 301 g/mol. The topological polar surface area (TPSA) is 124 Å². The number of sulfonamides is 1. The predicted octanol–water partition coefficient (Wildman–Crippen LogP) is -0.216. The Morgan fingerprint density at radius 1 is 1.35 bits per heavy atom. The van der Waals surface area contributed by atoms with E-state index in [2.05, 4.69) is 10.2 Å². The van der Waals surface area contributed by atoms with E-state index in [0.717, 1.165) is 6.20 Å². The lowest BCUT2D eigenvalue weighted by molar-refractivity contribution is 0.0686. The van der Waals surface area contributed by atoms with Crippen molar-refractivity contribution in [2.75, 3.05) is 0 Å². The van der Waals surface area contributed by atoms with Crippen molar-refractivity contribution in [3.8, 4) is 0 Å². The van der Waals surface area contributed by atoms with E-state index in [0.29, 0.717) is 25.7 Å². The van der Waals surface area contributed by atoms with Gasteiger partial charge < -0.3 is 10.2 Å². The maximum atomic E-state index is 12.7. The Hall–Kier alpha value is -1.45. The molecule has 110 valence electrons. The van der Waals surface area contributed by atoms with Crippen LogP contribution in [-0.4, -0.2) is 57.3 Å². The zero-order valence-corrected chi connectivity index (χ0v) is 11.4. The van der Waals surface area contributed by atoms with Crippen LogP contribution in [0.25, 0.3) is 0 Å². The quantitative estimate of drug-likeness (QED) is 0.709. The Labute approximate surface area is 115 Å². The summed E-state index contributed by atoms with van der Waals surface area (Å²) in [5, 5.41) is 24.2. The van der Waals surface area contributed by atoms with E-state index in [1.807, 2.05) is 0 Å². The number of aliphatic hydroxyl groups excluding tert-OH is 1. The third-order valence-corrected chi connectivity index (χ3v) is 5.99. The van der Waals surface area contributed by atoms with E-state index in [9.17, 15) is 18.3 Å². The van der Waals surface area contributed by atoms with Gasteiger partial charge in [0.25, 0.3) is 10.0 Å². The number of aliphatic hydroxyl groups is 1. The largest absolute Gasteiger partial charge is 0.478 e. The van der Waals surface area contributed by atoms with Crippen LogP contribution in [-0.2, 0) is 10.0 Å². The van der Waals surface area contributed by atoms with Gasteiger partial charge >= 0.3 is 5.97 Å². The van der Waals surface area contributed by atoms with Gasteiger partial charge in [0, 0.05) is 12.1 Å². The van der Waals surface area contributed by atoms with Crippen molar-refractivity contribution in [2.24, 2.45) is 0 Å². The molecule has 3 N–H and O–H groups in total. The highest BCUT2D eigenvalue weighted by atomic mass is 32.2. The number of nitrogens with one attached hydrogen (secondary N) is 1. The molecule has 2 bridgehead atoms. The summed E-state index contributed by atoms with van der Waals surface area (Å²) < 4.78 is 26.6. The number of carbonyl (C=O) groups is 1. The standard InChI is InChI=1S/C11H15N3O5S/c15-8-3-6-1-2-7(4-8)14(6)20(18,19)10-9(11(16)17)5-12-13-10/h5-8,15H,1-4H2,(H,12,13)(H,16,17). The fourth-order valence-corrected chi connectivity index (χ4v) is 5.19. The first-order chi connectivity index (χ1) is 9.41. The zero-order chi connectivity index (χ0) is 14.5. The van der Waals surface area contributed by atoms with Gasteiger partial charge in [-0.1, -0.05) is 0 Å². The van der Waals surface area contributed by atoms with Gasteiger partial charge in [-0.15, -0.1) is 0 Å². The van der Waals surface area contributed by atoms with Crippen molar-refractivity contribution in [1.29, 1.82) is 0 Å². The normalized spacial score (nSPS) is 30.6. The summed E-state index contributed by atoms with van der Waals surface area (Å²) in [4.78, 5) is 11.1. The third-order valence-electron chi connectivity index (χ3n) is 4.01. The van der Waals surface area contributed by atoms with Crippen LogP contribution in [0.5, 0.6) is 0 Å². The number of rotatable bonds is 3. The summed E-state index contributed by atoms with van der Waals surface area (Å²) in [7, 11) is -3.93. The van der Waals surface area contributed by atoms with Crippen molar-refractivity contribution < 1.29 is 23.4 Å². The van der Waals surface area contributed by atoms with Crippen LogP contribution >= 0.6 is 0 Å². The molecule has 2 fully saturated rings. The summed E-state index contributed by atoms with van der Waals surface area (Å²) in [6.07, 6.45) is 2.68. The van der Waals surface area contributed by atoms with Crippen LogP contribution in [0.3, 0.4) is 0 Å². The maximum Gasteiger partial charge on any atom is 0.340 e. The zero-order valence-electron chi connectivity index (χ0n) is 10.6. The molecule has 2 aliphatic rings. The molecule has 3 rings (SSSR count). The third kappa shape index (κ3) is 1.93. The number of carboxylic acids is 1. The van der Waals surface area contributed by atoms with Crippen LogP contribution in [0, 0.1) is 0 Å². The molecule has 0 aliphatic carbocycles. The molecule has 0 amide bonds. The van der Waals surface area contributed by atoms with Crippen LogP contribution in [0.2, 0.25) is 0 Å². The highest BCUT2D eigenvalue weighted by Crippen LogP contribution is 2.39. The lowest BCUT2D eigenvalue weighted by atomic mass is 10.0. The molecule has 0 saturated carbocycles. The molecule has 1 aromatic rings. The molecule has 9 heteroatoms. The fourth-order valence-electron chi connectivity index (χ4n) is 3.23. The molecule has 2 atom stereocenters. The van der Waals surface area contributed by atoms with Gasteiger partial charge in [0.05, 0.1) is 12.3 Å². The van der Waals surface area contributed by atoms with Crippen LogP contribution < -0.4 is 0 Å². The molecule has 20 heavy (non-hydrogen) atoms. The molecule has 2 unspecified atom stereocenters. The molecule has 0 aromatic carbocycles. The first-order valence-electron chi connectivity index (χ1n) is 6.39. The summed E-state index contributed by atoms with van der Waals surface area (Å²) in [5.74, 6) is -1.33. The minimum Gasteiger partial charge on any atom is -0.478 e. The fraction of sp³-hybridized carbons (Fsp3) is 0.636. The Kier molecular flexibility index (Phi) is 3.07. The first-order valence-corrected chi connectivity index (χ1v) is 7.83. The van der Waals surface area contributed by atoms with Crippen molar-refractivity contribution in [1.82, 2.24) is 14.5 Å². The minimum atomic E-state index is -3.93. The number of fused-ring (bicyclic) bond motifs is 2. The van der Waals surface area contributed by atoms with Gasteiger partial charge in [0.1, 0.15) is 5.56 Å². The second-order valence-corrected chi connectivity index (χ2v) is 7.04. The molecular weight excluding hydrogens is 286 g/mol. The van der Waals surface area contributed by atoms with Crippen LogP contribution in [0.4, 0.5) is 0 Å². The van der Waals surface area contributed by atoms with Crippen LogP contribution in [0.1, 0.15) is 36.0 Å². The highest BCUT2D eigenvalue weighted by molar-refractivity contribution is 7.89. The molecule has 0 radical (unpaired) electrons. The van der Waals surface area contributed by atoms with Gasteiger partial charge in [-0.25, -0.2) is 13.2 Å². The van der Waals surface area contributed by atoms with Gasteiger partial charge in [-0.2, -0.15) is 9.40 Å². The number of piperidine rings is 1. The predicted molar refractivity (Wildman–Crippen MR) is 66.6 cm³/mol. The number of hydrogen-bond donors (Lipinski definition) is 3. The maximum absolute atomic E-state index is 12.7. The number of aromatic amines is 1. The van der Waals surface area contributed by atoms with E-state index in [4.69, 9.17) is 5.11 Å². The number of aromatic nitrogens is 2. The van der Waals surface area contributed by atoms with E-state index >= 15 is 0 Å². The Morgan fingerprint density at radius 2 is 1.95 bits per heavy atom. The van der Waals surface area contributed by atoms with E-state index in [1.165, 1.54) is 4.31 Å². The Balaban J connectivity index is 2.01. The SMILES string of the molecule is O=C(O)c1cn[nH]c1S(=O)(=O)N1C2CCC1CC(O)C2. The molecule has 1 aromatic heterocycles. The second-order valence-electron chi connectivity index (χ2n) is 5.26. The van der Waals surface area contributed by atoms with Crippen LogP contribution in [0.15, 0.2) is 11.2 Å². The average Bonchev–Trinajstić information content (AvgIpc) is 2.94. The summed E-state index contributed by atoms with van der Waals surface area (Å²) in [5.41, 5.74) is -0.351. The van der Waals surface area contributed by atoms with Gasteiger partial charge in [0.15, 0.2) is 5.03 Å². The number of nitrogens with zero attached hydrogens (tertiary/aromatic N) is 2. The monoisotopic (exact) mass is 301 g/mol. The van der Waals surface area contributed by atoms with Gasteiger partial charge in [0.2, 0.25) is 0 Å². The molecule has 0 spiro atoms. The second kappa shape index (κ2) is 4.54. The van der Waals surface area contributed by atoms with Gasteiger partial charge in [-0.05, 0) is 25.7 Å². The van der Waals surface area contributed by atoms with E-state index in [-0.39, 0.29) is 22.7 Å². The lowest BCUT2D eigenvalue weighted by Crippen LogP contribution is -2.48.